The Kier molecular flexibility index (Phi) is 7.34. The average Bonchev–Trinajstić information content (AvgIpc) is 2.93. The zero-order valence-electron chi connectivity index (χ0n) is 22.7. The normalized spacial score (nSPS) is 18.8. The summed E-state index contributed by atoms with van der Waals surface area (Å²) < 4.78 is 54.9. The van der Waals surface area contributed by atoms with Gasteiger partial charge >= 0.3 is 0 Å². The van der Waals surface area contributed by atoms with E-state index in [1.165, 1.54) is 24.4 Å². The van der Waals surface area contributed by atoms with Gasteiger partial charge in [0.15, 0.2) is 5.82 Å². The first-order valence-corrected chi connectivity index (χ1v) is 15.1. The Morgan fingerprint density at radius 2 is 1.82 bits per heavy atom. The number of pyridine rings is 1. The topological polar surface area (TPSA) is 111 Å². The Hall–Kier alpha value is -3.86. The van der Waals surface area contributed by atoms with Crippen LogP contribution >= 0.6 is 0 Å². The van der Waals surface area contributed by atoms with Gasteiger partial charge in [-0.15, -0.1) is 5.10 Å². The number of aromatic nitrogens is 5. The first-order valence-electron chi connectivity index (χ1n) is 13.2. The predicted octanol–water partition coefficient (Wildman–Crippen LogP) is 5.94. The van der Waals surface area contributed by atoms with E-state index in [-0.39, 0.29) is 23.0 Å². The highest BCUT2D eigenvalue weighted by Crippen LogP contribution is 2.49. The molecule has 11 heteroatoms. The molecule has 40 heavy (non-hydrogen) atoms. The lowest BCUT2D eigenvalue weighted by Gasteiger charge is -2.39. The predicted molar refractivity (Wildman–Crippen MR) is 149 cm³/mol. The van der Waals surface area contributed by atoms with Crippen LogP contribution in [-0.4, -0.2) is 39.8 Å². The second-order valence-corrected chi connectivity index (χ2v) is 12.0. The summed E-state index contributed by atoms with van der Waals surface area (Å²) in [6, 6.07) is 9.21. The van der Waals surface area contributed by atoms with Gasteiger partial charge in [0.25, 0.3) is 0 Å². The Balaban J connectivity index is 1.60. The number of hydrogen-bond donors (Lipinski definition) is 1. The van der Waals surface area contributed by atoms with Crippen LogP contribution in [0.5, 0.6) is 0 Å². The molecule has 208 valence electrons. The molecule has 0 radical (unpaired) electrons. The summed E-state index contributed by atoms with van der Waals surface area (Å²) in [6.07, 6.45) is 7.47. The minimum Gasteiger partial charge on any atom is -0.267 e. The molecule has 0 fully saturated rings. The van der Waals surface area contributed by atoms with Gasteiger partial charge in [0, 0.05) is 18.0 Å². The van der Waals surface area contributed by atoms with E-state index in [0.29, 0.717) is 23.4 Å². The number of halogens is 2. The van der Waals surface area contributed by atoms with Crippen LogP contribution in [0, 0.1) is 18.6 Å². The minimum absolute atomic E-state index is 0.168. The molecule has 1 aliphatic rings. The Morgan fingerprint density at radius 3 is 2.48 bits per heavy atom. The maximum atomic E-state index is 14.6. The molecule has 0 amide bonds. The summed E-state index contributed by atoms with van der Waals surface area (Å²) in [5.41, 5.74) is 3.16. The van der Waals surface area contributed by atoms with E-state index in [1.807, 2.05) is 6.07 Å². The van der Waals surface area contributed by atoms with Gasteiger partial charge < -0.3 is 0 Å². The fourth-order valence-electron chi connectivity index (χ4n) is 5.59. The summed E-state index contributed by atoms with van der Waals surface area (Å²) >= 11 is 0. The molecule has 4 aromatic rings. The fraction of sp³-hybridized carbons (Fsp3) is 0.345. The molecule has 1 aromatic carbocycles. The average molecular weight is 565 g/mol. The number of sulfonamides is 1. The highest BCUT2D eigenvalue weighted by Gasteiger charge is 2.43. The van der Waals surface area contributed by atoms with Crippen LogP contribution in [-0.2, 0) is 15.4 Å². The minimum atomic E-state index is -3.47. The molecular weight excluding hydrogens is 534 g/mol. The number of rotatable bonds is 7. The van der Waals surface area contributed by atoms with Crippen molar-refractivity contribution >= 4 is 15.8 Å². The molecule has 5 rings (SSSR count). The summed E-state index contributed by atoms with van der Waals surface area (Å²) in [6.45, 7) is 5.92. The number of hydrogen-bond acceptors (Lipinski definition) is 7. The van der Waals surface area contributed by atoms with Gasteiger partial charge in [-0.25, -0.2) is 32.2 Å². The number of fused-ring (bicyclic) bond motifs is 1. The fourth-order valence-corrected chi connectivity index (χ4v) is 6.16. The first-order chi connectivity index (χ1) is 19.1. The molecule has 1 N–H and O–H groups in total. The Morgan fingerprint density at radius 1 is 1.07 bits per heavy atom. The van der Waals surface area contributed by atoms with Gasteiger partial charge in [-0.2, -0.15) is 5.10 Å². The van der Waals surface area contributed by atoms with Crippen molar-refractivity contribution in [2.75, 3.05) is 11.0 Å². The molecule has 1 aliphatic carbocycles. The van der Waals surface area contributed by atoms with Crippen LogP contribution in [0.25, 0.3) is 22.6 Å². The van der Waals surface area contributed by atoms with Crippen LogP contribution in [0.15, 0.2) is 48.8 Å². The lowest BCUT2D eigenvalue weighted by molar-refractivity contribution is 0.353. The molecule has 0 saturated carbocycles. The molecule has 0 unspecified atom stereocenters. The van der Waals surface area contributed by atoms with E-state index in [2.05, 4.69) is 38.7 Å². The van der Waals surface area contributed by atoms with Crippen LogP contribution in [0.2, 0.25) is 0 Å². The summed E-state index contributed by atoms with van der Waals surface area (Å²) in [4.78, 5) is 13.7. The highest BCUT2D eigenvalue weighted by molar-refractivity contribution is 7.92. The third-order valence-corrected chi connectivity index (χ3v) is 8.28. The molecular formula is C29H30F2N6O2S. The molecule has 3 aromatic heterocycles. The number of benzene rings is 1. The van der Waals surface area contributed by atoms with Crippen molar-refractivity contribution in [3.05, 3.63) is 82.9 Å². The van der Waals surface area contributed by atoms with Crippen molar-refractivity contribution in [1.82, 2.24) is 25.1 Å². The largest absolute Gasteiger partial charge is 0.267 e. The van der Waals surface area contributed by atoms with Gasteiger partial charge in [0.05, 0.1) is 34.3 Å². The summed E-state index contributed by atoms with van der Waals surface area (Å²) in [5.74, 6) is -0.494. The molecule has 0 saturated heterocycles. The van der Waals surface area contributed by atoms with Crippen molar-refractivity contribution in [3.63, 3.8) is 0 Å². The molecule has 8 nitrogen and oxygen atoms in total. The first kappa shape index (κ1) is 27.7. The van der Waals surface area contributed by atoms with Gasteiger partial charge in [-0.3, -0.25) is 4.72 Å². The number of nitrogens with zero attached hydrogens (tertiary/aromatic N) is 5. The monoisotopic (exact) mass is 564 g/mol. The highest BCUT2D eigenvalue weighted by atomic mass is 32.2. The van der Waals surface area contributed by atoms with Crippen LogP contribution in [0.3, 0.4) is 0 Å². The van der Waals surface area contributed by atoms with Crippen molar-refractivity contribution in [1.29, 1.82) is 0 Å². The summed E-state index contributed by atoms with van der Waals surface area (Å²) in [7, 11) is -3.47. The lowest BCUT2D eigenvalue weighted by atomic mass is 9.65. The Labute approximate surface area is 232 Å². The SMILES string of the molecule is CC[C@H]1CC[C@](CC)(c2ccnc(-c3cnc(NS(C)(=O)=O)c(C)c3)n2)c2nnc(-c3c(F)cccc3F)cc21. The van der Waals surface area contributed by atoms with Gasteiger partial charge in [0.1, 0.15) is 17.5 Å². The number of aryl methyl sites for hydroxylation is 1. The molecule has 0 aliphatic heterocycles. The van der Waals surface area contributed by atoms with Crippen molar-refractivity contribution in [2.24, 2.45) is 0 Å². The molecule has 2 atom stereocenters. The zero-order valence-corrected chi connectivity index (χ0v) is 23.6. The van der Waals surface area contributed by atoms with Crippen molar-refractivity contribution < 1.29 is 17.2 Å². The van der Waals surface area contributed by atoms with Crippen molar-refractivity contribution in [3.8, 4) is 22.6 Å². The van der Waals surface area contributed by atoms with Gasteiger partial charge in [-0.1, -0.05) is 19.9 Å². The Bertz CT molecular complexity index is 1680. The van der Waals surface area contributed by atoms with E-state index in [4.69, 9.17) is 4.98 Å². The lowest BCUT2D eigenvalue weighted by Crippen LogP contribution is -2.36. The molecule has 3 heterocycles. The van der Waals surface area contributed by atoms with E-state index in [9.17, 15) is 17.2 Å². The maximum absolute atomic E-state index is 14.6. The van der Waals surface area contributed by atoms with Crippen molar-refractivity contribution in [2.45, 2.75) is 57.8 Å². The standard InChI is InChI=1S/C29H30F2N6O2S/c1-5-18-10-12-29(6-2,26-20(18)15-23(35-36-26)25-21(30)8-7-9-22(25)31)24-11-13-32-28(34-24)19-14-17(3)27(33-16-19)37-40(4,38)39/h7-9,11,13-16,18H,5-6,10,12H2,1-4H3,(H,33,37)/t18-,29+/m0/s1. The van der Waals surface area contributed by atoms with Crippen LogP contribution in [0.1, 0.15) is 68.0 Å². The maximum Gasteiger partial charge on any atom is 0.230 e. The van der Waals surface area contributed by atoms with E-state index >= 15 is 0 Å². The number of anilines is 1. The quantitative estimate of drug-likeness (QED) is 0.296. The van der Waals surface area contributed by atoms with Crippen LogP contribution < -0.4 is 4.72 Å². The molecule has 0 spiro atoms. The molecule has 0 bridgehead atoms. The van der Waals surface area contributed by atoms with E-state index in [0.717, 1.165) is 42.5 Å². The number of nitrogens with one attached hydrogen (secondary N) is 1. The smallest absolute Gasteiger partial charge is 0.230 e. The third kappa shape index (κ3) is 5.05. The van der Waals surface area contributed by atoms with Gasteiger partial charge in [-0.05, 0) is 80.0 Å². The third-order valence-electron chi connectivity index (χ3n) is 7.72. The second kappa shape index (κ2) is 10.6. The van der Waals surface area contributed by atoms with Crippen LogP contribution in [0.4, 0.5) is 14.6 Å². The zero-order chi connectivity index (χ0) is 28.7. The van der Waals surface area contributed by atoms with Gasteiger partial charge in [0.2, 0.25) is 10.0 Å². The van der Waals surface area contributed by atoms with E-state index < -0.39 is 27.1 Å². The van der Waals surface area contributed by atoms with E-state index in [1.54, 1.807) is 25.3 Å². The second-order valence-electron chi connectivity index (χ2n) is 10.2. The summed E-state index contributed by atoms with van der Waals surface area (Å²) in [5, 5.41) is 8.93.